The maximum absolute atomic E-state index is 5.86. The van der Waals surface area contributed by atoms with Crippen LogP contribution < -0.4 is 9.64 Å². The van der Waals surface area contributed by atoms with Crippen LogP contribution in [0.3, 0.4) is 0 Å². The number of rotatable bonds is 5. The van der Waals surface area contributed by atoms with Crippen LogP contribution >= 0.6 is 0 Å². The molecule has 1 fully saturated rings. The molecule has 7 heteroatoms. The molecule has 142 valence electrons. The monoisotopic (exact) mass is 367 g/mol. The molecule has 1 saturated heterocycles. The molecule has 2 aromatic heterocycles. The van der Waals surface area contributed by atoms with Crippen molar-refractivity contribution in [2.24, 2.45) is 0 Å². The zero-order valence-electron chi connectivity index (χ0n) is 16.1. The average Bonchev–Trinajstić information content (AvgIpc) is 3.07. The van der Waals surface area contributed by atoms with E-state index in [2.05, 4.69) is 37.1 Å². The minimum absolute atomic E-state index is 0.0787. The number of hydrogen-bond acceptors (Lipinski definition) is 7. The SMILES string of the molecule is Cc1cc(CN2CCN(c3ccc4ncnc(OC(C)C)c4c3)CC2)on1. The summed E-state index contributed by atoms with van der Waals surface area (Å²) in [5, 5.41) is 4.93. The number of hydrogen-bond donors (Lipinski definition) is 0. The molecule has 0 N–H and O–H groups in total. The van der Waals surface area contributed by atoms with Gasteiger partial charge in [0.15, 0.2) is 5.76 Å². The van der Waals surface area contributed by atoms with Gasteiger partial charge in [-0.05, 0) is 39.0 Å². The molecule has 0 saturated carbocycles. The highest BCUT2D eigenvalue weighted by Gasteiger charge is 2.19. The molecule has 7 nitrogen and oxygen atoms in total. The predicted octanol–water partition coefficient (Wildman–Crippen LogP) is 3.04. The minimum atomic E-state index is 0.0787. The fraction of sp³-hybridized carbons (Fsp3) is 0.450. The van der Waals surface area contributed by atoms with Crippen LogP contribution in [0.25, 0.3) is 10.9 Å². The van der Waals surface area contributed by atoms with Crippen LogP contribution in [-0.4, -0.2) is 52.3 Å². The number of fused-ring (bicyclic) bond motifs is 1. The molecule has 3 aromatic rings. The van der Waals surface area contributed by atoms with Gasteiger partial charge in [-0.15, -0.1) is 0 Å². The van der Waals surface area contributed by atoms with E-state index in [9.17, 15) is 0 Å². The van der Waals surface area contributed by atoms with E-state index in [4.69, 9.17) is 9.26 Å². The van der Waals surface area contributed by atoms with Gasteiger partial charge in [-0.1, -0.05) is 5.16 Å². The van der Waals surface area contributed by atoms with Crippen molar-refractivity contribution in [2.75, 3.05) is 31.1 Å². The number of ether oxygens (including phenoxy) is 1. The lowest BCUT2D eigenvalue weighted by Crippen LogP contribution is -2.45. The molecule has 0 radical (unpaired) electrons. The van der Waals surface area contributed by atoms with Gasteiger partial charge >= 0.3 is 0 Å². The van der Waals surface area contributed by atoms with E-state index in [0.29, 0.717) is 5.88 Å². The normalized spacial score (nSPS) is 15.6. The van der Waals surface area contributed by atoms with Gasteiger partial charge in [0.25, 0.3) is 0 Å². The van der Waals surface area contributed by atoms with Gasteiger partial charge in [0.1, 0.15) is 6.33 Å². The summed E-state index contributed by atoms with van der Waals surface area (Å²) in [6, 6.07) is 8.32. The molecule has 0 spiro atoms. The molecule has 1 aliphatic rings. The van der Waals surface area contributed by atoms with Crippen molar-refractivity contribution < 1.29 is 9.26 Å². The highest BCUT2D eigenvalue weighted by Crippen LogP contribution is 2.28. The second kappa shape index (κ2) is 7.52. The maximum atomic E-state index is 5.86. The van der Waals surface area contributed by atoms with Crippen molar-refractivity contribution in [1.82, 2.24) is 20.0 Å². The Bertz CT molecular complexity index is 916. The number of aromatic nitrogens is 3. The summed E-state index contributed by atoms with van der Waals surface area (Å²) in [6.45, 7) is 10.7. The Morgan fingerprint density at radius 3 is 2.63 bits per heavy atom. The van der Waals surface area contributed by atoms with Gasteiger partial charge in [0.2, 0.25) is 5.88 Å². The van der Waals surface area contributed by atoms with Crippen LogP contribution in [0, 0.1) is 6.92 Å². The van der Waals surface area contributed by atoms with Crippen molar-refractivity contribution >= 4 is 16.6 Å². The van der Waals surface area contributed by atoms with E-state index in [0.717, 1.165) is 55.1 Å². The van der Waals surface area contributed by atoms with Crippen LogP contribution in [0.15, 0.2) is 35.1 Å². The van der Waals surface area contributed by atoms with Crippen molar-refractivity contribution in [1.29, 1.82) is 0 Å². The first-order chi connectivity index (χ1) is 13.1. The van der Waals surface area contributed by atoms with E-state index >= 15 is 0 Å². The Morgan fingerprint density at radius 1 is 1.11 bits per heavy atom. The summed E-state index contributed by atoms with van der Waals surface area (Å²) in [6.07, 6.45) is 1.64. The Labute approximate surface area is 158 Å². The second-order valence-electron chi connectivity index (χ2n) is 7.24. The van der Waals surface area contributed by atoms with Crippen molar-refractivity contribution in [3.05, 3.63) is 42.0 Å². The third kappa shape index (κ3) is 4.03. The minimum Gasteiger partial charge on any atom is -0.474 e. The summed E-state index contributed by atoms with van der Waals surface area (Å²) in [4.78, 5) is 13.5. The Balaban J connectivity index is 1.47. The molecular weight excluding hydrogens is 342 g/mol. The Hall–Kier alpha value is -2.67. The van der Waals surface area contributed by atoms with E-state index in [1.807, 2.05) is 32.9 Å². The largest absolute Gasteiger partial charge is 0.474 e. The predicted molar refractivity (Wildman–Crippen MR) is 104 cm³/mol. The lowest BCUT2D eigenvalue weighted by atomic mass is 10.2. The number of piperazine rings is 1. The molecule has 27 heavy (non-hydrogen) atoms. The third-order valence-corrected chi connectivity index (χ3v) is 4.72. The van der Waals surface area contributed by atoms with Crippen LogP contribution in [0.1, 0.15) is 25.3 Å². The van der Waals surface area contributed by atoms with E-state index in [-0.39, 0.29) is 6.10 Å². The quantitative estimate of drug-likeness (QED) is 0.686. The van der Waals surface area contributed by atoms with E-state index in [1.165, 1.54) is 5.69 Å². The van der Waals surface area contributed by atoms with E-state index < -0.39 is 0 Å². The number of anilines is 1. The van der Waals surface area contributed by atoms with Crippen LogP contribution in [0.4, 0.5) is 5.69 Å². The lowest BCUT2D eigenvalue weighted by Gasteiger charge is -2.35. The first-order valence-corrected chi connectivity index (χ1v) is 9.39. The molecule has 1 aromatic carbocycles. The summed E-state index contributed by atoms with van der Waals surface area (Å²) in [5.74, 6) is 1.58. The molecular formula is C20H25N5O2. The molecule has 0 atom stereocenters. The zero-order valence-corrected chi connectivity index (χ0v) is 16.1. The molecule has 4 rings (SSSR count). The standard InChI is InChI=1S/C20H25N5O2/c1-14(2)26-20-18-11-16(4-5-19(18)21-13-22-20)25-8-6-24(7-9-25)12-17-10-15(3)23-27-17/h4-5,10-11,13-14H,6-9,12H2,1-3H3. The van der Waals surface area contributed by atoms with Gasteiger partial charge < -0.3 is 14.2 Å². The maximum Gasteiger partial charge on any atom is 0.224 e. The lowest BCUT2D eigenvalue weighted by molar-refractivity contribution is 0.219. The van der Waals surface area contributed by atoms with Gasteiger partial charge in [-0.2, -0.15) is 0 Å². The van der Waals surface area contributed by atoms with Crippen molar-refractivity contribution in [3.63, 3.8) is 0 Å². The molecule has 0 aliphatic carbocycles. The molecule has 0 unspecified atom stereocenters. The van der Waals surface area contributed by atoms with Crippen molar-refractivity contribution in [3.8, 4) is 5.88 Å². The summed E-state index contributed by atoms with van der Waals surface area (Å²) in [5.41, 5.74) is 3.02. The number of benzene rings is 1. The first kappa shape index (κ1) is 17.7. The summed E-state index contributed by atoms with van der Waals surface area (Å²) in [7, 11) is 0. The van der Waals surface area contributed by atoms with Crippen molar-refractivity contribution in [2.45, 2.75) is 33.4 Å². The molecule has 0 bridgehead atoms. The summed E-state index contributed by atoms with van der Waals surface area (Å²) < 4.78 is 11.2. The fourth-order valence-electron chi connectivity index (χ4n) is 3.41. The van der Waals surface area contributed by atoms with Gasteiger partial charge in [0.05, 0.1) is 29.2 Å². The average molecular weight is 367 g/mol. The molecule has 3 heterocycles. The highest BCUT2D eigenvalue weighted by molar-refractivity contribution is 5.86. The third-order valence-electron chi connectivity index (χ3n) is 4.72. The van der Waals surface area contributed by atoms with Gasteiger partial charge in [-0.3, -0.25) is 4.90 Å². The Morgan fingerprint density at radius 2 is 1.93 bits per heavy atom. The van der Waals surface area contributed by atoms with Crippen LogP contribution in [-0.2, 0) is 6.54 Å². The van der Waals surface area contributed by atoms with Gasteiger partial charge in [0, 0.05) is 37.9 Å². The smallest absolute Gasteiger partial charge is 0.224 e. The highest BCUT2D eigenvalue weighted by atomic mass is 16.5. The fourth-order valence-corrected chi connectivity index (χ4v) is 3.41. The first-order valence-electron chi connectivity index (χ1n) is 9.39. The summed E-state index contributed by atoms with van der Waals surface area (Å²) >= 11 is 0. The molecule has 1 aliphatic heterocycles. The van der Waals surface area contributed by atoms with Crippen LogP contribution in [0.5, 0.6) is 5.88 Å². The number of nitrogens with zero attached hydrogens (tertiary/aromatic N) is 5. The van der Waals surface area contributed by atoms with Crippen LogP contribution in [0.2, 0.25) is 0 Å². The topological polar surface area (TPSA) is 67.5 Å². The second-order valence-corrected chi connectivity index (χ2v) is 7.24. The molecule has 0 amide bonds. The van der Waals surface area contributed by atoms with E-state index in [1.54, 1.807) is 6.33 Å². The Kier molecular flexibility index (Phi) is 4.94. The zero-order chi connectivity index (χ0) is 18.8. The van der Waals surface area contributed by atoms with Gasteiger partial charge in [-0.25, -0.2) is 9.97 Å². The number of aryl methyl sites for hydroxylation is 1.